The first-order valence-electron chi connectivity index (χ1n) is 9.93. The van der Waals surface area contributed by atoms with Crippen LogP contribution in [-0.4, -0.2) is 36.6 Å². The maximum Gasteiger partial charge on any atom is 0.148 e. The van der Waals surface area contributed by atoms with Gasteiger partial charge in [-0.2, -0.15) is 5.26 Å². The molecule has 0 fully saturated rings. The topological polar surface area (TPSA) is 120 Å². The molecule has 0 unspecified atom stereocenters. The van der Waals surface area contributed by atoms with Gasteiger partial charge in [-0.25, -0.2) is 19.0 Å². The first-order valence-corrected chi connectivity index (χ1v) is 9.93. The lowest BCUT2D eigenvalue weighted by Crippen LogP contribution is -2.01. The second-order valence-corrected chi connectivity index (χ2v) is 7.26. The Bertz CT molecular complexity index is 1530. The number of para-hydroxylation sites is 1. The van der Waals surface area contributed by atoms with Gasteiger partial charge in [0.05, 0.1) is 36.9 Å². The predicted molar refractivity (Wildman–Crippen MR) is 119 cm³/mol. The van der Waals surface area contributed by atoms with Crippen molar-refractivity contribution >= 4 is 16.9 Å². The fourth-order valence-electron chi connectivity index (χ4n) is 3.76. The predicted octanol–water partition coefficient (Wildman–Crippen LogP) is 3.33. The summed E-state index contributed by atoms with van der Waals surface area (Å²) in [5, 5.41) is 18.1. The Morgan fingerprint density at radius 1 is 1.12 bits per heavy atom. The van der Waals surface area contributed by atoms with Crippen LogP contribution in [-0.2, 0) is 6.54 Å². The molecule has 0 radical (unpaired) electrons. The second-order valence-electron chi connectivity index (χ2n) is 7.26. The smallest absolute Gasteiger partial charge is 0.148 e. The number of hydrogen-bond donors (Lipinski definition) is 1. The number of rotatable bonds is 5. The molecule has 0 saturated heterocycles. The average Bonchev–Trinajstić information content (AvgIpc) is 3.45. The molecule has 10 heteroatoms. The molecule has 0 spiro atoms. The van der Waals surface area contributed by atoms with E-state index in [-0.39, 0.29) is 0 Å². The zero-order chi connectivity index (χ0) is 22.9. The molecule has 2 N–H and O–H groups in total. The summed E-state index contributed by atoms with van der Waals surface area (Å²) >= 11 is 0. The summed E-state index contributed by atoms with van der Waals surface area (Å²) in [6.07, 6.45) is 4.93. The monoisotopic (exact) mass is 440 g/mol. The largest absolute Gasteiger partial charge is 0.496 e. The molecule has 33 heavy (non-hydrogen) atoms. The minimum absolute atomic E-state index is 0.309. The average molecular weight is 440 g/mol. The molecule has 0 saturated carbocycles. The molecule has 5 aromatic rings. The van der Waals surface area contributed by atoms with Crippen LogP contribution in [0.4, 0.5) is 10.2 Å². The maximum absolute atomic E-state index is 14.1. The number of hydrogen-bond acceptors (Lipinski definition) is 7. The highest BCUT2D eigenvalue weighted by Crippen LogP contribution is 2.38. The van der Waals surface area contributed by atoms with Gasteiger partial charge in [0.2, 0.25) is 0 Å². The van der Waals surface area contributed by atoms with Gasteiger partial charge in [-0.15, -0.1) is 5.10 Å². The number of nitriles is 1. The number of halogens is 1. The van der Waals surface area contributed by atoms with E-state index in [0.717, 1.165) is 11.1 Å². The number of nitrogens with two attached hydrogens (primary N) is 1. The summed E-state index contributed by atoms with van der Waals surface area (Å²) < 4.78 is 22.9. The number of anilines is 1. The highest BCUT2D eigenvalue weighted by Gasteiger charge is 2.19. The van der Waals surface area contributed by atoms with Crippen LogP contribution in [0.1, 0.15) is 11.3 Å². The van der Waals surface area contributed by atoms with Gasteiger partial charge in [0, 0.05) is 17.3 Å². The third-order valence-corrected chi connectivity index (χ3v) is 5.28. The number of fused-ring (bicyclic) bond motifs is 1. The quantitative estimate of drug-likeness (QED) is 0.445. The fourth-order valence-corrected chi connectivity index (χ4v) is 3.76. The van der Waals surface area contributed by atoms with E-state index in [4.69, 9.17) is 10.5 Å². The first kappa shape index (κ1) is 20.1. The Balaban J connectivity index is 1.60. The number of methoxy groups -OCH3 is 1. The molecule has 0 aliphatic heterocycles. The van der Waals surface area contributed by atoms with Crippen molar-refractivity contribution in [3.05, 3.63) is 78.3 Å². The lowest BCUT2D eigenvalue weighted by Gasteiger charge is -2.08. The third-order valence-electron chi connectivity index (χ3n) is 5.28. The number of nitrogens with zero attached hydrogens (tertiary/aromatic N) is 7. The van der Waals surface area contributed by atoms with Gasteiger partial charge < -0.3 is 15.0 Å². The lowest BCUT2D eigenvalue weighted by molar-refractivity contribution is 0.416. The maximum atomic E-state index is 14.1. The van der Waals surface area contributed by atoms with E-state index in [1.165, 1.54) is 17.1 Å². The molecular weight excluding hydrogens is 423 g/mol. The van der Waals surface area contributed by atoms with Gasteiger partial charge in [-0.3, -0.25) is 0 Å². The van der Waals surface area contributed by atoms with Crippen LogP contribution < -0.4 is 10.5 Å². The molecule has 0 aliphatic rings. The fraction of sp³-hybridized carbons (Fsp3) is 0.0870. The SMILES string of the molecule is COc1cc(C#N)ccc1-c1cn(Cc2cn(-c3ccccc3F)nn2)c2ncnc(N)c12. The van der Waals surface area contributed by atoms with E-state index in [0.29, 0.717) is 46.1 Å². The minimum atomic E-state index is -0.393. The van der Waals surface area contributed by atoms with Crippen LogP contribution >= 0.6 is 0 Å². The molecule has 3 aromatic heterocycles. The zero-order valence-corrected chi connectivity index (χ0v) is 17.5. The van der Waals surface area contributed by atoms with E-state index in [9.17, 15) is 9.65 Å². The van der Waals surface area contributed by atoms with E-state index in [2.05, 4.69) is 26.3 Å². The van der Waals surface area contributed by atoms with Crippen molar-refractivity contribution in [2.75, 3.05) is 12.8 Å². The summed E-state index contributed by atoms with van der Waals surface area (Å²) in [5.41, 5.74) is 9.71. The Kier molecular flexibility index (Phi) is 4.91. The lowest BCUT2D eigenvalue weighted by atomic mass is 10.0. The number of nitrogen functional groups attached to an aromatic ring is 1. The number of ether oxygens (including phenoxy) is 1. The van der Waals surface area contributed by atoms with Crippen LogP contribution in [0.25, 0.3) is 27.8 Å². The number of benzene rings is 2. The van der Waals surface area contributed by atoms with E-state index >= 15 is 0 Å². The number of aromatic nitrogens is 6. The van der Waals surface area contributed by atoms with Crippen molar-refractivity contribution in [2.45, 2.75) is 6.54 Å². The van der Waals surface area contributed by atoms with Crippen molar-refractivity contribution in [3.8, 4) is 28.6 Å². The highest BCUT2D eigenvalue weighted by atomic mass is 19.1. The van der Waals surface area contributed by atoms with E-state index in [1.807, 2.05) is 10.8 Å². The highest BCUT2D eigenvalue weighted by molar-refractivity contribution is 6.01. The molecule has 5 rings (SSSR count). The van der Waals surface area contributed by atoms with E-state index < -0.39 is 5.82 Å². The summed E-state index contributed by atoms with van der Waals surface area (Å²) in [7, 11) is 1.54. The summed E-state index contributed by atoms with van der Waals surface area (Å²) in [4.78, 5) is 8.56. The molecule has 0 amide bonds. The van der Waals surface area contributed by atoms with Crippen LogP contribution in [0.15, 0.2) is 61.2 Å². The van der Waals surface area contributed by atoms with Gasteiger partial charge in [0.1, 0.15) is 40.7 Å². The Hall–Kier alpha value is -4.78. The molecule has 0 atom stereocenters. The Morgan fingerprint density at radius 2 is 1.97 bits per heavy atom. The normalized spacial score (nSPS) is 10.9. The van der Waals surface area contributed by atoms with Gasteiger partial charge in [0.25, 0.3) is 0 Å². The van der Waals surface area contributed by atoms with Crippen molar-refractivity contribution < 1.29 is 9.13 Å². The first-order chi connectivity index (χ1) is 16.1. The molecule has 9 nitrogen and oxygen atoms in total. The van der Waals surface area contributed by atoms with Gasteiger partial charge in [-0.05, 0) is 30.3 Å². The third kappa shape index (κ3) is 3.51. The molecule has 3 heterocycles. The zero-order valence-electron chi connectivity index (χ0n) is 17.5. The van der Waals surface area contributed by atoms with Crippen molar-refractivity contribution in [3.63, 3.8) is 0 Å². The van der Waals surface area contributed by atoms with Gasteiger partial charge in [-0.1, -0.05) is 17.3 Å². The Labute approximate surface area is 187 Å². The van der Waals surface area contributed by atoms with Gasteiger partial charge >= 0.3 is 0 Å². The molecule has 0 aliphatic carbocycles. The van der Waals surface area contributed by atoms with Crippen LogP contribution in [0.2, 0.25) is 0 Å². The summed E-state index contributed by atoms with van der Waals surface area (Å²) in [5.74, 6) is 0.452. The Morgan fingerprint density at radius 3 is 2.76 bits per heavy atom. The van der Waals surface area contributed by atoms with Crippen LogP contribution in [0.5, 0.6) is 5.75 Å². The van der Waals surface area contributed by atoms with Crippen molar-refractivity contribution in [1.82, 2.24) is 29.5 Å². The minimum Gasteiger partial charge on any atom is -0.496 e. The van der Waals surface area contributed by atoms with Crippen molar-refractivity contribution in [1.29, 1.82) is 5.26 Å². The van der Waals surface area contributed by atoms with Crippen molar-refractivity contribution in [2.24, 2.45) is 0 Å². The second kappa shape index (κ2) is 8.05. The molecule has 162 valence electrons. The van der Waals surface area contributed by atoms with Gasteiger partial charge in [0.15, 0.2) is 0 Å². The summed E-state index contributed by atoms with van der Waals surface area (Å²) in [6, 6.07) is 13.6. The molecular formula is C23H17FN8O. The van der Waals surface area contributed by atoms with Crippen LogP contribution in [0, 0.1) is 17.1 Å². The van der Waals surface area contributed by atoms with Crippen LogP contribution in [0.3, 0.4) is 0 Å². The standard InChI is InChI=1S/C23H17FN8O/c1-33-20-8-14(9-25)6-7-16(20)17-12-31(23-21(17)22(26)27-13-28-23)10-15-11-32(30-29-15)19-5-3-2-4-18(19)24/h2-8,11-13H,10H2,1H3,(H2,26,27,28). The molecule has 2 aromatic carbocycles. The van der Waals surface area contributed by atoms with E-state index in [1.54, 1.807) is 49.7 Å². The summed E-state index contributed by atoms with van der Waals surface area (Å²) in [6.45, 7) is 0.319. The molecule has 0 bridgehead atoms.